The van der Waals surface area contributed by atoms with Crippen molar-refractivity contribution in [2.24, 2.45) is 0 Å². The van der Waals surface area contributed by atoms with Gasteiger partial charge in [-0.1, -0.05) is 24.3 Å². The van der Waals surface area contributed by atoms with Gasteiger partial charge in [0.2, 0.25) is 0 Å². The molecule has 2 aromatic rings. The van der Waals surface area contributed by atoms with Crippen molar-refractivity contribution in [3.63, 3.8) is 0 Å². The average molecular weight is 344 g/mol. The first-order valence-corrected chi connectivity index (χ1v) is 8.24. The van der Waals surface area contributed by atoms with Crippen molar-refractivity contribution < 1.29 is 24.5 Å². The fourth-order valence-corrected chi connectivity index (χ4v) is 2.27. The topological polar surface area (TPSA) is 76.0 Å². The predicted octanol–water partition coefficient (Wildman–Crippen LogP) is 3.08. The molecule has 0 unspecified atom stereocenters. The Morgan fingerprint density at radius 1 is 1.00 bits per heavy atom. The third-order valence-electron chi connectivity index (χ3n) is 3.77. The summed E-state index contributed by atoms with van der Waals surface area (Å²) in [5.41, 5.74) is 0.860. The van der Waals surface area contributed by atoms with E-state index in [1.165, 1.54) is 13.8 Å². The molecule has 0 fully saturated rings. The first-order chi connectivity index (χ1) is 11.9. The van der Waals surface area contributed by atoms with E-state index in [1.807, 2.05) is 36.4 Å². The minimum atomic E-state index is -1.26. The van der Waals surface area contributed by atoms with Crippen molar-refractivity contribution in [2.45, 2.75) is 32.3 Å². The fourth-order valence-electron chi connectivity index (χ4n) is 2.27. The number of benzene rings is 2. The molecule has 0 aliphatic carbocycles. The molecule has 0 aliphatic rings. The Morgan fingerprint density at radius 2 is 1.72 bits per heavy atom. The molecule has 0 spiro atoms. The van der Waals surface area contributed by atoms with Crippen molar-refractivity contribution >= 4 is 5.97 Å². The van der Waals surface area contributed by atoms with E-state index in [-0.39, 0.29) is 6.61 Å². The van der Waals surface area contributed by atoms with Crippen LogP contribution in [0.25, 0.3) is 0 Å². The van der Waals surface area contributed by atoms with Crippen LogP contribution in [0.1, 0.15) is 25.0 Å². The van der Waals surface area contributed by atoms with Crippen molar-refractivity contribution in [3.8, 4) is 11.5 Å². The molecule has 0 saturated heterocycles. The van der Waals surface area contributed by atoms with Gasteiger partial charge in [-0.05, 0) is 55.7 Å². The number of carbonyl (C=O) groups is 1. The van der Waals surface area contributed by atoms with Crippen LogP contribution in [-0.4, -0.2) is 35.0 Å². The average Bonchev–Trinajstić information content (AvgIpc) is 2.57. The van der Waals surface area contributed by atoms with E-state index in [2.05, 4.69) is 0 Å². The molecule has 0 aliphatic heterocycles. The lowest BCUT2D eigenvalue weighted by atomic mass is 10.1. The molecule has 134 valence electrons. The molecule has 0 atom stereocenters. The highest BCUT2D eigenvalue weighted by atomic mass is 16.5. The van der Waals surface area contributed by atoms with E-state index in [9.17, 15) is 4.79 Å². The minimum absolute atomic E-state index is 0.122. The second-order valence-electron chi connectivity index (χ2n) is 6.28. The summed E-state index contributed by atoms with van der Waals surface area (Å²) >= 11 is 0. The van der Waals surface area contributed by atoms with Crippen LogP contribution < -0.4 is 9.47 Å². The largest absolute Gasteiger partial charge is 0.493 e. The molecule has 25 heavy (non-hydrogen) atoms. The molecule has 5 heteroatoms. The number of aliphatic hydroxyl groups is 1. The molecule has 0 amide bonds. The molecule has 0 radical (unpaired) electrons. The number of carboxylic acid groups (broad SMARTS) is 1. The zero-order chi connectivity index (χ0) is 18.3. The monoisotopic (exact) mass is 344 g/mol. The molecule has 0 heterocycles. The standard InChI is InChI=1S/C20H24O5/c1-20(2,19(22)23)25-17-8-6-15(7-9-17)11-13-24-18-5-3-4-16(14-18)10-12-21/h3-9,14,21H,10-13H2,1-2H3,(H,22,23). The van der Waals surface area contributed by atoms with Crippen molar-refractivity contribution in [1.82, 2.24) is 0 Å². The second-order valence-corrected chi connectivity index (χ2v) is 6.28. The number of carboxylic acids is 1. The quantitative estimate of drug-likeness (QED) is 0.731. The smallest absolute Gasteiger partial charge is 0.347 e. The highest BCUT2D eigenvalue weighted by molar-refractivity contribution is 5.76. The Morgan fingerprint density at radius 3 is 2.36 bits per heavy atom. The Kier molecular flexibility index (Phi) is 6.42. The Bertz CT molecular complexity index is 691. The third-order valence-corrected chi connectivity index (χ3v) is 3.77. The summed E-state index contributed by atoms with van der Waals surface area (Å²) < 4.78 is 11.2. The molecule has 2 N–H and O–H groups in total. The van der Waals surface area contributed by atoms with Crippen LogP contribution in [0.3, 0.4) is 0 Å². The van der Waals surface area contributed by atoms with E-state index in [1.54, 1.807) is 12.1 Å². The van der Waals surface area contributed by atoms with Gasteiger partial charge in [-0.3, -0.25) is 0 Å². The maximum Gasteiger partial charge on any atom is 0.347 e. The van der Waals surface area contributed by atoms with Gasteiger partial charge in [0.1, 0.15) is 11.5 Å². The molecule has 2 rings (SSSR count). The predicted molar refractivity (Wildman–Crippen MR) is 95.2 cm³/mol. The summed E-state index contributed by atoms with van der Waals surface area (Å²) in [6, 6.07) is 15.0. The van der Waals surface area contributed by atoms with E-state index in [0.717, 1.165) is 23.3 Å². The van der Waals surface area contributed by atoms with Crippen LogP contribution in [0.4, 0.5) is 0 Å². The van der Waals surface area contributed by atoms with E-state index >= 15 is 0 Å². The van der Waals surface area contributed by atoms with Crippen LogP contribution in [-0.2, 0) is 17.6 Å². The Balaban J connectivity index is 1.85. The van der Waals surface area contributed by atoms with E-state index < -0.39 is 11.6 Å². The van der Waals surface area contributed by atoms with Gasteiger partial charge in [-0.15, -0.1) is 0 Å². The van der Waals surface area contributed by atoms with Gasteiger partial charge in [-0.25, -0.2) is 4.79 Å². The fraction of sp³-hybridized carbons (Fsp3) is 0.350. The molecule has 5 nitrogen and oxygen atoms in total. The Labute approximate surface area is 147 Å². The summed E-state index contributed by atoms with van der Waals surface area (Å²) in [6.45, 7) is 3.68. The molecule has 2 aromatic carbocycles. The Hall–Kier alpha value is -2.53. The highest BCUT2D eigenvalue weighted by Gasteiger charge is 2.29. The molecular weight excluding hydrogens is 320 g/mol. The number of ether oxygens (including phenoxy) is 2. The van der Waals surface area contributed by atoms with Gasteiger partial charge >= 0.3 is 5.97 Å². The number of aliphatic carboxylic acids is 1. The lowest BCUT2D eigenvalue weighted by Crippen LogP contribution is -2.37. The van der Waals surface area contributed by atoms with Gasteiger partial charge in [0.05, 0.1) is 6.61 Å². The zero-order valence-electron chi connectivity index (χ0n) is 14.6. The van der Waals surface area contributed by atoms with Crippen LogP contribution in [0.15, 0.2) is 48.5 Å². The SMILES string of the molecule is CC(C)(Oc1ccc(CCOc2cccc(CCO)c2)cc1)C(=O)O. The highest BCUT2D eigenvalue weighted by Crippen LogP contribution is 2.20. The molecule has 0 saturated carbocycles. The number of hydrogen-bond acceptors (Lipinski definition) is 4. The second kappa shape index (κ2) is 8.53. The normalized spacial score (nSPS) is 11.2. The lowest BCUT2D eigenvalue weighted by Gasteiger charge is -2.21. The first-order valence-electron chi connectivity index (χ1n) is 8.24. The van der Waals surface area contributed by atoms with Crippen LogP contribution in [0.5, 0.6) is 11.5 Å². The van der Waals surface area contributed by atoms with Gasteiger partial charge in [0.15, 0.2) is 5.60 Å². The van der Waals surface area contributed by atoms with Gasteiger partial charge in [0.25, 0.3) is 0 Å². The lowest BCUT2D eigenvalue weighted by molar-refractivity contribution is -0.152. The van der Waals surface area contributed by atoms with E-state index in [4.69, 9.17) is 19.7 Å². The third kappa shape index (κ3) is 5.80. The van der Waals surface area contributed by atoms with Gasteiger partial charge in [0, 0.05) is 13.0 Å². The van der Waals surface area contributed by atoms with Crippen LogP contribution in [0.2, 0.25) is 0 Å². The summed E-state index contributed by atoms with van der Waals surface area (Å²) in [6.07, 6.45) is 1.35. The van der Waals surface area contributed by atoms with Crippen LogP contribution >= 0.6 is 0 Å². The number of hydrogen-bond donors (Lipinski definition) is 2. The molecular formula is C20H24O5. The van der Waals surface area contributed by atoms with Gasteiger partial charge < -0.3 is 19.7 Å². The van der Waals surface area contributed by atoms with Crippen LogP contribution in [0, 0.1) is 0 Å². The van der Waals surface area contributed by atoms with Crippen molar-refractivity contribution in [1.29, 1.82) is 0 Å². The minimum Gasteiger partial charge on any atom is -0.493 e. The molecule has 0 aromatic heterocycles. The number of rotatable bonds is 9. The van der Waals surface area contributed by atoms with Gasteiger partial charge in [-0.2, -0.15) is 0 Å². The summed E-state index contributed by atoms with van der Waals surface area (Å²) in [7, 11) is 0. The van der Waals surface area contributed by atoms with Crippen molar-refractivity contribution in [3.05, 3.63) is 59.7 Å². The first kappa shape index (κ1) is 18.8. The summed E-state index contributed by atoms with van der Waals surface area (Å²) in [5.74, 6) is 0.302. The number of aliphatic hydroxyl groups excluding tert-OH is 1. The maximum absolute atomic E-state index is 11.1. The maximum atomic E-state index is 11.1. The van der Waals surface area contributed by atoms with E-state index in [0.29, 0.717) is 18.8 Å². The zero-order valence-corrected chi connectivity index (χ0v) is 14.6. The summed E-state index contributed by atoms with van der Waals surface area (Å²) in [5, 5.41) is 18.1. The summed E-state index contributed by atoms with van der Waals surface area (Å²) in [4.78, 5) is 11.1. The molecule has 0 bridgehead atoms. The van der Waals surface area contributed by atoms with Crippen molar-refractivity contribution in [2.75, 3.05) is 13.2 Å².